The van der Waals surface area contributed by atoms with Gasteiger partial charge in [-0.15, -0.1) is 0 Å². The topological polar surface area (TPSA) is 106 Å². The molecule has 0 bridgehead atoms. The van der Waals surface area contributed by atoms with Crippen LogP contribution in [-0.2, 0) is 16.1 Å². The molecule has 0 N–H and O–H groups in total. The number of aromatic nitrogens is 1. The van der Waals surface area contributed by atoms with Crippen LogP contribution in [0.3, 0.4) is 0 Å². The molecule has 2 aromatic rings. The van der Waals surface area contributed by atoms with E-state index in [1.807, 2.05) is 30.3 Å². The molecule has 0 saturated carbocycles. The van der Waals surface area contributed by atoms with Crippen LogP contribution in [0.2, 0.25) is 0 Å². The second-order valence-corrected chi connectivity index (χ2v) is 5.64. The van der Waals surface area contributed by atoms with Crippen LogP contribution in [0, 0.1) is 10.1 Å². The van der Waals surface area contributed by atoms with E-state index >= 15 is 0 Å². The van der Waals surface area contributed by atoms with E-state index in [2.05, 4.69) is 4.98 Å². The van der Waals surface area contributed by atoms with Gasteiger partial charge in [-0.25, -0.2) is 9.78 Å². The third-order valence-electron chi connectivity index (χ3n) is 3.90. The molecule has 1 aromatic carbocycles. The fourth-order valence-corrected chi connectivity index (χ4v) is 2.53. The first kappa shape index (κ1) is 17.3. The second-order valence-electron chi connectivity index (χ2n) is 5.64. The first-order chi connectivity index (χ1) is 12.5. The van der Waals surface area contributed by atoms with Crippen LogP contribution in [0.5, 0.6) is 0 Å². The molecule has 1 aromatic heterocycles. The first-order valence-corrected chi connectivity index (χ1v) is 7.91. The predicted octanol–water partition coefficient (Wildman–Crippen LogP) is 1.98. The lowest BCUT2D eigenvalue weighted by Crippen LogP contribution is -2.52. The molecule has 2 amide bonds. The van der Waals surface area contributed by atoms with Gasteiger partial charge < -0.3 is 4.74 Å². The van der Waals surface area contributed by atoms with Crippen LogP contribution >= 0.6 is 0 Å². The van der Waals surface area contributed by atoms with E-state index in [0.29, 0.717) is 5.82 Å². The summed E-state index contributed by atoms with van der Waals surface area (Å²) in [7, 11) is 0. The average Bonchev–Trinajstić information content (AvgIpc) is 2.67. The smallest absolute Gasteiger partial charge is 0.410 e. The van der Waals surface area contributed by atoms with E-state index in [4.69, 9.17) is 4.74 Å². The fraction of sp³-hybridized carbons (Fsp3) is 0.235. The van der Waals surface area contributed by atoms with Gasteiger partial charge in [0.1, 0.15) is 25.2 Å². The molecular weight excluding hydrogens is 340 g/mol. The van der Waals surface area contributed by atoms with Gasteiger partial charge >= 0.3 is 6.09 Å². The fourth-order valence-electron chi connectivity index (χ4n) is 2.53. The summed E-state index contributed by atoms with van der Waals surface area (Å²) < 4.78 is 5.22. The van der Waals surface area contributed by atoms with E-state index in [1.54, 1.807) is 0 Å². The Morgan fingerprint density at radius 2 is 1.96 bits per heavy atom. The van der Waals surface area contributed by atoms with Gasteiger partial charge in [-0.1, -0.05) is 30.3 Å². The maximum atomic E-state index is 12.3. The molecule has 1 saturated heterocycles. The highest BCUT2D eigenvalue weighted by atomic mass is 16.6. The third kappa shape index (κ3) is 3.94. The Bertz CT molecular complexity index is 810. The van der Waals surface area contributed by atoms with E-state index < -0.39 is 11.0 Å². The van der Waals surface area contributed by atoms with Crippen molar-refractivity contribution in [3.8, 4) is 0 Å². The zero-order valence-electron chi connectivity index (χ0n) is 13.8. The van der Waals surface area contributed by atoms with Gasteiger partial charge in [0.25, 0.3) is 5.69 Å². The summed E-state index contributed by atoms with van der Waals surface area (Å²) in [5, 5.41) is 10.7. The number of anilines is 1. The van der Waals surface area contributed by atoms with E-state index in [-0.39, 0.29) is 37.8 Å². The summed E-state index contributed by atoms with van der Waals surface area (Å²) in [5.41, 5.74) is 0.713. The Morgan fingerprint density at radius 1 is 1.19 bits per heavy atom. The average molecular weight is 356 g/mol. The minimum Gasteiger partial charge on any atom is -0.445 e. The highest BCUT2D eigenvalue weighted by Gasteiger charge is 2.29. The SMILES string of the molecule is O=C(OCc1ccccc1)N1CCN(c2ccc([N+](=O)[O-])cn2)C(=O)C1. The largest absolute Gasteiger partial charge is 0.445 e. The molecule has 9 heteroatoms. The van der Waals surface area contributed by atoms with Crippen molar-refractivity contribution in [1.82, 2.24) is 9.88 Å². The second kappa shape index (κ2) is 7.60. The summed E-state index contributed by atoms with van der Waals surface area (Å²) in [6.45, 7) is 0.534. The zero-order valence-corrected chi connectivity index (χ0v) is 13.8. The number of amides is 2. The number of benzene rings is 1. The third-order valence-corrected chi connectivity index (χ3v) is 3.90. The molecule has 3 rings (SSSR count). The molecule has 0 unspecified atom stereocenters. The van der Waals surface area contributed by atoms with E-state index in [0.717, 1.165) is 11.8 Å². The number of hydrogen-bond donors (Lipinski definition) is 0. The van der Waals surface area contributed by atoms with Gasteiger partial charge in [0.2, 0.25) is 5.91 Å². The Morgan fingerprint density at radius 3 is 2.58 bits per heavy atom. The number of nitrogens with zero attached hydrogens (tertiary/aromatic N) is 4. The predicted molar refractivity (Wildman–Crippen MR) is 91.4 cm³/mol. The Balaban J connectivity index is 1.56. The maximum Gasteiger partial charge on any atom is 0.410 e. The quantitative estimate of drug-likeness (QED) is 0.612. The lowest BCUT2D eigenvalue weighted by molar-refractivity contribution is -0.385. The number of piperazine rings is 1. The van der Waals surface area contributed by atoms with Crippen molar-refractivity contribution in [3.63, 3.8) is 0 Å². The normalized spacial score (nSPS) is 14.2. The number of ether oxygens (including phenoxy) is 1. The molecule has 1 fully saturated rings. The van der Waals surface area contributed by atoms with Crippen molar-refractivity contribution in [3.05, 3.63) is 64.3 Å². The number of carbonyl (C=O) groups excluding carboxylic acids is 2. The van der Waals surface area contributed by atoms with Crippen molar-refractivity contribution >= 4 is 23.5 Å². The van der Waals surface area contributed by atoms with Crippen molar-refractivity contribution in [2.45, 2.75) is 6.61 Å². The molecule has 0 spiro atoms. The number of pyridine rings is 1. The summed E-state index contributed by atoms with van der Waals surface area (Å²) in [6, 6.07) is 12.0. The number of hydrogen-bond acceptors (Lipinski definition) is 6. The monoisotopic (exact) mass is 356 g/mol. The van der Waals surface area contributed by atoms with Gasteiger partial charge in [-0.05, 0) is 11.6 Å². The van der Waals surface area contributed by atoms with Crippen molar-refractivity contribution < 1.29 is 19.2 Å². The molecule has 2 heterocycles. The van der Waals surface area contributed by atoms with Crippen LogP contribution in [0.1, 0.15) is 5.56 Å². The molecule has 0 radical (unpaired) electrons. The Hall–Kier alpha value is -3.49. The molecule has 1 aliphatic rings. The van der Waals surface area contributed by atoms with Gasteiger partial charge in [-0.3, -0.25) is 24.7 Å². The molecule has 0 atom stereocenters. The van der Waals surface area contributed by atoms with Gasteiger partial charge in [0, 0.05) is 19.2 Å². The molecule has 134 valence electrons. The van der Waals surface area contributed by atoms with Crippen molar-refractivity contribution in [1.29, 1.82) is 0 Å². The van der Waals surface area contributed by atoms with Crippen LogP contribution in [0.15, 0.2) is 48.7 Å². The van der Waals surface area contributed by atoms with E-state index in [1.165, 1.54) is 21.9 Å². The molecule has 26 heavy (non-hydrogen) atoms. The summed E-state index contributed by atoms with van der Waals surface area (Å²) in [5.74, 6) is -0.00725. The lowest BCUT2D eigenvalue weighted by Gasteiger charge is -2.32. The van der Waals surface area contributed by atoms with Crippen LogP contribution in [-0.4, -0.2) is 46.4 Å². The number of carbonyl (C=O) groups is 2. The summed E-state index contributed by atoms with van der Waals surface area (Å²) >= 11 is 0. The minimum absolute atomic E-state index is 0.133. The van der Waals surface area contributed by atoms with Crippen LogP contribution in [0.4, 0.5) is 16.3 Å². The zero-order chi connectivity index (χ0) is 18.5. The maximum absolute atomic E-state index is 12.3. The van der Waals surface area contributed by atoms with Gasteiger partial charge in [0.05, 0.1) is 4.92 Å². The van der Waals surface area contributed by atoms with Crippen molar-refractivity contribution in [2.24, 2.45) is 0 Å². The molecule has 9 nitrogen and oxygen atoms in total. The van der Waals surface area contributed by atoms with E-state index in [9.17, 15) is 19.7 Å². The Labute approximate surface area is 149 Å². The Kier molecular flexibility index (Phi) is 5.07. The lowest BCUT2D eigenvalue weighted by atomic mass is 10.2. The van der Waals surface area contributed by atoms with Crippen molar-refractivity contribution in [2.75, 3.05) is 24.5 Å². The molecular formula is C17H16N4O5. The highest BCUT2D eigenvalue weighted by Crippen LogP contribution is 2.18. The summed E-state index contributed by atoms with van der Waals surface area (Å²) in [4.78, 5) is 41.2. The highest BCUT2D eigenvalue weighted by molar-refractivity contribution is 5.96. The first-order valence-electron chi connectivity index (χ1n) is 7.91. The summed E-state index contributed by atoms with van der Waals surface area (Å²) in [6.07, 6.45) is 0.543. The number of rotatable bonds is 4. The minimum atomic E-state index is -0.557. The number of nitro groups is 1. The van der Waals surface area contributed by atoms with Gasteiger partial charge in [-0.2, -0.15) is 0 Å². The van der Waals surface area contributed by atoms with Crippen LogP contribution < -0.4 is 4.90 Å². The molecule has 0 aliphatic carbocycles. The standard InChI is InChI=1S/C17H16N4O5/c22-16-11-19(17(23)26-12-13-4-2-1-3-5-13)8-9-20(16)15-7-6-14(10-18-15)21(24)25/h1-7,10H,8-9,11-12H2. The van der Waals surface area contributed by atoms with Crippen LogP contribution in [0.25, 0.3) is 0 Å². The van der Waals surface area contributed by atoms with Gasteiger partial charge in [0.15, 0.2) is 0 Å². The molecule has 1 aliphatic heterocycles.